The lowest BCUT2D eigenvalue weighted by Gasteiger charge is -2.40. The molecule has 24 heavy (non-hydrogen) atoms. The van der Waals surface area contributed by atoms with Crippen molar-refractivity contribution in [1.29, 1.82) is 0 Å². The van der Waals surface area contributed by atoms with Crippen molar-refractivity contribution in [2.45, 2.75) is 25.0 Å². The standard InChI is InChI=1S/C20H14O4/c21-14-10-11-20(19-13(14)6-3-7-15(19)22)23-16-8-1-4-12-5-2-9-17(24-20)18(12)16/h1-2,4-5,8-11H,3,6-7H2. The minimum absolute atomic E-state index is 0.0690. The third kappa shape index (κ3) is 1.68. The first kappa shape index (κ1) is 13.5. The summed E-state index contributed by atoms with van der Waals surface area (Å²) in [7, 11) is 0. The highest BCUT2D eigenvalue weighted by molar-refractivity contribution is 6.14. The van der Waals surface area contributed by atoms with Crippen LogP contribution in [-0.2, 0) is 9.59 Å². The van der Waals surface area contributed by atoms with Crippen molar-refractivity contribution in [3.05, 3.63) is 59.7 Å². The maximum Gasteiger partial charge on any atom is 0.302 e. The van der Waals surface area contributed by atoms with E-state index in [9.17, 15) is 9.59 Å². The second-order valence-electron chi connectivity index (χ2n) is 6.31. The fourth-order valence-electron chi connectivity index (χ4n) is 3.83. The summed E-state index contributed by atoms with van der Waals surface area (Å²) in [5, 5.41) is 1.90. The van der Waals surface area contributed by atoms with Gasteiger partial charge in [-0.2, -0.15) is 0 Å². The number of Topliss-reactive ketones (excluding diaryl/α,β-unsaturated/α-hetero) is 1. The number of rotatable bonds is 0. The van der Waals surface area contributed by atoms with Crippen LogP contribution < -0.4 is 9.47 Å². The van der Waals surface area contributed by atoms with Crippen LogP contribution in [-0.4, -0.2) is 17.4 Å². The molecule has 0 fully saturated rings. The first-order chi connectivity index (χ1) is 11.7. The Morgan fingerprint density at radius 1 is 0.917 bits per heavy atom. The van der Waals surface area contributed by atoms with Gasteiger partial charge in [0.15, 0.2) is 11.6 Å². The number of ketones is 2. The summed E-state index contributed by atoms with van der Waals surface area (Å²) in [6.45, 7) is 0. The van der Waals surface area contributed by atoms with Gasteiger partial charge in [-0.1, -0.05) is 24.3 Å². The Hall–Kier alpha value is -2.88. The van der Waals surface area contributed by atoms with Crippen LogP contribution in [0.25, 0.3) is 10.8 Å². The molecule has 4 heteroatoms. The van der Waals surface area contributed by atoms with Gasteiger partial charge in [0, 0.05) is 18.1 Å². The smallest absolute Gasteiger partial charge is 0.302 e. The summed E-state index contributed by atoms with van der Waals surface area (Å²) in [5.74, 6) is -0.186. The van der Waals surface area contributed by atoms with Crippen LogP contribution in [0.15, 0.2) is 59.7 Å². The van der Waals surface area contributed by atoms with Crippen molar-refractivity contribution in [3.63, 3.8) is 0 Å². The number of hydrogen-bond acceptors (Lipinski definition) is 4. The van der Waals surface area contributed by atoms with Crippen molar-refractivity contribution >= 4 is 22.3 Å². The van der Waals surface area contributed by atoms with Crippen molar-refractivity contribution in [3.8, 4) is 11.5 Å². The molecule has 0 atom stereocenters. The van der Waals surface area contributed by atoms with Crippen LogP contribution in [0.5, 0.6) is 11.5 Å². The lowest BCUT2D eigenvalue weighted by atomic mass is 9.80. The number of benzene rings is 2. The Kier molecular flexibility index (Phi) is 2.58. The molecule has 5 rings (SSSR count). The predicted octanol–water partition coefficient (Wildman–Crippen LogP) is 3.50. The van der Waals surface area contributed by atoms with Crippen molar-refractivity contribution in [2.75, 3.05) is 0 Å². The normalized spacial score (nSPS) is 20.8. The van der Waals surface area contributed by atoms with E-state index in [0.717, 1.165) is 10.8 Å². The Balaban J connectivity index is 1.75. The van der Waals surface area contributed by atoms with Gasteiger partial charge in [0.1, 0.15) is 11.5 Å². The van der Waals surface area contributed by atoms with Crippen molar-refractivity contribution < 1.29 is 19.1 Å². The van der Waals surface area contributed by atoms with E-state index >= 15 is 0 Å². The molecule has 0 N–H and O–H groups in total. The summed E-state index contributed by atoms with van der Waals surface area (Å²) in [6.07, 6.45) is 4.74. The fraction of sp³-hybridized carbons (Fsp3) is 0.200. The van der Waals surface area contributed by atoms with E-state index in [4.69, 9.17) is 9.47 Å². The van der Waals surface area contributed by atoms with Gasteiger partial charge < -0.3 is 9.47 Å². The molecule has 0 saturated carbocycles. The lowest BCUT2D eigenvalue weighted by molar-refractivity contribution is -0.125. The molecule has 0 aromatic heterocycles. The second kappa shape index (κ2) is 4.57. The topological polar surface area (TPSA) is 52.6 Å². The van der Waals surface area contributed by atoms with Crippen molar-refractivity contribution in [2.24, 2.45) is 0 Å². The molecule has 1 heterocycles. The van der Waals surface area contributed by atoms with Crippen molar-refractivity contribution in [1.82, 2.24) is 0 Å². The van der Waals surface area contributed by atoms with Crippen LogP contribution in [0.2, 0.25) is 0 Å². The highest BCUT2D eigenvalue weighted by Crippen LogP contribution is 2.47. The molecule has 0 unspecified atom stereocenters. The van der Waals surface area contributed by atoms with Gasteiger partial charge in [-0.3, -0.25) is 9.59 Å². The number of ether oxygens (including phenoxy) is 2. The average molecular weight is 318 g/mol. The van der Waals surface area contributed by atoms with Gasteiger partial charge in [0.05, 0.1) is 11.0 Å². The maximum atomic E-state index is 12.6. The van der Waals surface area contributed by atoms with Gasteiger partial charge in [-0.05, 0) is 36.4 Å². The third-order valence-corrected chi connectivity index (χ3v) is 4.86. The van der Waals surface area contributed by atoms with E-state index in [0.29, 0.717) is 41.9 Å². The van der Waals surface area contributed by atoms with E-state index in [1.165, 1.54) is 6.08 Å². The molecule has 3 aliphatic rings. The van der Waals surface area contributed by atoms with Crippen LogP contribution in [0, 0.1) is 0 Å². The molecule has 2 aromatic rings. The van der Waals surface area contributed by atoms with Gasteiger partial charge in [0.25, 0.3) is 0 Å². The molecule has 1 spiro atoms. The first-order valence-electron chi connectivity index (χ1n) is 8.08. The molecule has 2 aliphatic carbocycles. The first-order valence-corrected chi connectivity index (χ1v) is 8.08. The summed E-state index contributed by atoms with van der Waals surface area (Å²) in [5.41, 5.74) is 0.896. The molecule has 0 saturated heterocycles. The summed E-state index contributed by atoms with van der Waals surface area (Å²) >= 11 is 0. The fourth-order valence-corrected chi connectivity index (χ4v) is 3.83. The molecule has 118 valence electrons. The van der Waals surface area contributed by atoms with Crippen LogP contribution in [0.3, 0.4) is 0 Å². The SMILES string of the molecule is O=C1C=CC2(Oc3cccc4cccc(c34)O2)C2=C1CCCC2=O. The number of fused-ring (bicyclic) bond motifs is 1. The monoisotopic (exact) mass is 318 g/mol. The summed E-state index contributed by atoms with van der Waals surface area (Å²) in [4.78, 5) is 24.8. The van der Waals surface area contributed by atoms with Crippen LogP contribution >= 0.6 is 0 Å². The van der Waals surface area contributed by atoms with Gasteiger partial charge >= 0.3 is 5.79 Å². The zero-order chi connectivity index (χ0) is 16.3. The van der Waals surface area contributed by atoms with Crippen LogP contribution in [0.1, 0.15) is 19.3 Å². The molecule has 2 aromatic carbocycles. The Bertz CT molecular complexity index is 940. The number of carbonyl (C=O) groups is 2. The largest absolute Gasteiger partial charge is 0.444 e. The number of hydrogen-bond donors (Lipinski definition) is 0. The lowest BCUT2D eigenvalue weighted by Crippen LogP contribution is -2.50. The maximum absolute atomic E-state index is 12.6. The van der Waals surface area contributed by atoms with Gasteiger partial charge in [-0.25, -0.2) is 0 Å². The van der Waals surface area contributed by atoms with E-state index in [-0.39, 0.29) is 11.6 Å². The molecular formula is C20H14O4. The minimum atomic E-state index is -1.33. The Morgan fingerprint density at radius 3 is 2.33 bits per heavy atom. The quantitative estimate of drug-likeness (QED) is 0.746. The van der Waals surface area contributed by atoms with E-state index < -0.39 is 5.79 Å². The molecule has 0 bridgehead atoms. The molecule has 0 amide bonds. The van der Waals surface area contributed by atoms with Gasteiger partial charge in [-0.15, -0.1) is 0 Å². The number of allylic oxidation sites excluding steroid dienone is 2. The molecule has 1 aliphatic heterocycles. The highest BCUT2D eigenvalue weighted by atomic mass is 16.7. The van der Waals surface area contributed by atoms with Crippen LogP contribution in [0.4, 0.5) is 0 Å². The zero-order valence-electron chi connectivity index (χ0n) is 12.9. The zero-order valence-corrected chi connectivity index (χ0v) is 12.9. The third-order valence-electron chi connectivity index (χ3n) is 4.86. The molecule has 0 radical (unpaired) electrons. The Morgan fingerprint density at radius 2 is 1.62 bits per heavy atom. The summed E-state index contributed by atoms with van der Waals surface area (Å²) < 4.78 is 12.4. The average Bonchev–Trinajstić information content (AvgIpc) is 2.59. The minimum Gasteiger partial charge on any atom is -0.444 e. The van der Waals surface area contributed by atoms with E-state index in [1.807, 2.05) is 36.4 Å². The second-order valence-corrected chi connectivity index (χ2v) is 6.31. The van der Waals surface area contributed by atoms with E-state index in [2.05, 4.69) is 0 Å². The predicted molar refractivity (Wildman–Crippen MR) is 88.0 cm³/mol. The van der Waals surface area contributed by atoms with Gasteiger partial charge in [0.2, 0.25) is 0 Å². The molecule has 4 nitrogen and oxygen atoms in total. The van der Waals surface area contributed by atoms with E-state index in [1.54, 1.807) is 6.08 Å². The number of carbonyl (C=O) groups excluding carboxylic acids is 2. The summed E-state index contributed by atoms with van der Waals surface area (Å²) in [6, 6.07) is 11.5. The Labute approximate surface area is 138 Å². The molecular weight excluding hydrogens is 304 g/mol. The highest BCUT2D eigenvalue weighted by Gasteiger charge is 2.49.